The van der Waals surface area contributed by atoms with Gasteiger partial charge >= 0.3 is 0 Å². The third-order valence-corrected chi connectivity index (χ3v) is 4.71. The molecule has 0 fully saturated rings. The second kappa shape index (κ2) is 6.49. The number of aromatic nitrogens is 3. The van der Waals surface area contributed by atoms with Gasteiger partial charge < -0.3 is 20.5 Å². The number of benzene rings is 1. The molecule has 0 aliphatic carbocycles. The molecular formula is C18H14N4O3S. The van der Waals surface area contributed by atoms with E-state index in [1.165, 1.54) is 11.3 Å². The topological polar surface area (TPSA) is 111 Å². The van der Waals surface area contributed by atoms with Crippen molar-refractivity contribution in [2.24, 2.45) is 0 Å². The van der Waals surface area contributed by atoms with Crippen LogP contribution in [-0.2, 0) is 6.54 Å². The van der Waals surface area contributed by atoms with Crippen molar-refractivity contribution in [3.8, 4) is 22.3 Å². The Balaban J connectivity index is 1.57. The van der Waals surface area contributed by atoms with Gasteiger partial charge in [0.15, 0.2) is 11.5 Å². The molecule has 0 unspecified atom stereocenters. The predicted octanol–water partition coefficient (Wildman–Crippen LogP) is 3.03. The molecule has 26 heavy (non-hydrogen) atoms. The lowest BCUT2D eigenvalue weighted by Crippen LogP contribution is -2.24. The Kier molecular flexibility index (Phi) is 4.02. The smallest absolute Gasteiger partial charge is 0.274 e. The predicted molar refractivity (Wildman–Crippen MR) is 98.1 cm³/mol. The number of H-pyrrole nitrogens is 1. The minimum atomic E-state index is -0.639. The summed E-state index contributed by atoms with van der Waals surface area (Å²) in [4.78, 5) is 24.3. The highest BCUT2D eigenvalue weighted by Crippen LogP contribution is 2.30. The van der Waals surface area contributed by atoms with E-state index in [1.54, 1.807) is 6.07 Å². The lowest BCUT2D eigenvalue weighted by Gasteiger charge is -2.07. The molecule has 130 valence electrons. The number of amides is 1. The van der Waals surface area contributed by atoms with Gasteiger partial charge in [-0.3, -0.25) is 4.79 Å². The minimum absolute atomic E-state index is 0.186. The van der Waals surface area contributed by atoms with Crippen molar-refractivity contribution in [2.45, 2.75) is 6.54 Å². The normalized spacial score (nSPS) is 10.9. The molecule has 1 amide bonds. The molecule has 0 atom stereocenters. The number of fused-ring (bicyclic) bond motifs is 1. The van der Waals surface area contributed by atoms with Crippen LogP contribution in [0, 0.1) is 0 Å². The van der Waals surface area contributed by atoms with E-state index in [4.69, 9.17) is 0 Å². The summed E-state index contributed by atoms with van der Waals surface area (Å²) in [5.41, 5.74) is 1.52. The fraction of sp³-hybridized carbons (Fsp3) is 0.0556. The molecule has 4 aromatic rings. The first kappa shape index (κ1) is 16.1. The van der Waals surface area contributed by atoms with Crippen molar-refractivity contribution in [1.82, 2.24) is 20.3 Å². The number of hydrogen-bond donors (Lipinski definition) is 4. The number of carbonyl (C=O) groups excluding carboxylic acids is 1. The Morgan fingerprint density at radius 1 is 1.15 bits per heavy atom. The van der Waals surface area contributed by atoms with E-state index in [1.807, 2.05) is 41.8 Å². The van der Waals surface area contributed by atoms with Crippen LogP contribution >= 0.6 is 11.3 Å². The molecule has 3 heterocycles. The Bertz CT molecular complexity index is 1060. The van der Waals surface area contributed by atoms with Gasteiger partial charge in [-0.2, -0.15) is 4.98 Å². The number of hydrogen-bond acceptors (Lipinski definition) is 6. The highest BCUT2D eigenvalue weighted by molar-refractivity contribution is 7.13. The standard InChI is InChI=1S/C18H14N4O3S/c23-15-14(21-16(22-18(15)25)13-6-3-7-26-13)17(24)19-9-11-8-10-4-1-2-5-12(10)20-11/h1-8,20,23H,9H2,(H,19,24)(H,21,22,25). The van der Waals surface area contributed by atoms with Crippen molar-refractivity contribution in [1.29, 1.82) is 0 Å². The molecular weight excluding hydrogens is 352 g/mol. The van der Waals surface area contributed by atoms with E-state index >= 15 is 0 Å². The molecule has 0 saturated heterocycles. The van der Waals surface area contributed by atoms with Crippen LogP contribution in [0.15, 0.2) is 47.8 Å². The lowest BCUT2D eigenvalue weighted by molar-refractivity contribution is 0.0941. The van der Waals surface area contributed by atoms with Crippen molar-refractivity contribution in [3.63, 3.8) is 0 Å². The number of rotatable bonds is 4. The van der Waals surface area contributed by atoms with Crippen LogP contribution in [0.2, 0.25) is 0 Å². The first-order valence-corrected chi connectivity index (χ1v) is 8.68. The van der Waals surface area contributed by atoms with Gasteiger partial charge in [-0.25, -0.2) is 4.98 Å². The Morgan fingerprint density at radius 2 is 2.00 bits per heavy atom. The van der Waals surface area contributed by atoms with Crippen LogP contribution in [0.3, 0.4) is 0 Å². The van der Waals surface area contributed by atoms with Gasteiger partial charge in [0.25, 0.3) is 11.8 Å². The Hall–Kier alpha value is -3.39. The Labute approximate surface area is 152 Å². The van der Waals surface area contributed by atoms with Gasteiger partial charge in [0, 0.05) is 11.2 Å². The fourth-order valence-corrected chi connectivity index (χ4v) is 3.26. The fourth-order valence-electron chi connectivity index (χ4n) is 2.61. The summed E-state index contributed by atoms with van der Waals surface area (Å²) in [6.07, 6.45) is 0. The molecule has 0 aliphatic rings. The molecule has 4 N–H and O–H groups in total. The number of nitrogens with one attached hydrogen (secondary N) is 2. The quantitative estimate of drug-likeness (QED) is 0.444. The molecule has 1 aromatic carbocycles. The zero-order chi connectivity index (χ0) is 18.1. The first-order chi connectivity index (χ1) is 12.6. The number of para-hydroxylation sites is 1. The SMILES string of the molecule is O=C(NCc1cc2ccccc2[nH]1)c1nc(-c2cccs2)nc(O)c1O. The van der Waals surface area contributed by atoms with E-state index < -0.39 is 17.5 Å². The molecule has 0 bridgehead atoms. The van der Waals surface area contributed by atoms with E-state index in [9.17, 15) is 15.0 Å². The van der Waals surface area contributed by atoms with Gasteiger partial charge in [0.2, 0.25) is 5.75 Å². The second-order valence-corrected chi connectivity index (χ2v) is 6.56. The van der Waals surface area contributed by atoms with Gasteiger partial charge in [-0.1, -0.05) is 24.3 Å². The number of thiophene rings is 1. The molecule has 8 heteroatoms. The maximum absolute atomic E-state index is 12.4. The van der Waals surface area contributed by atoms with Crippen LogP contribution in [-0.4, -0.2) is 31.1 Å². The van der Waals surface area contributed by atoms with Gasteiger partial charge in [-0.05, 0) is 29.0 Å². The summed E-state index contributed by atoms with van der Waals surface area (Å²) in [7, 11) is 0. The summed E-state index contributed by atoms with van der Waals surface area (Å²) in [6.45, 7) is 0.228. The molecule has 0 saturated carbocycles. The Morgan fingerprint density at radius 3 is 2.77 bits per heavy atom. The van der Waals surface area contributed by atoms with E-state index in [2.05, 4.69) is 20.3 Å². The minimum Gasteiger partial charge on any atom is -0.501 e. The summed E-state index contributed by atoms with van der Waals surface area (Å²) < 4.78 is 0. The third kappa shape index (κ3) is 2.98. The summed E-state index contributed by atoms with van der Waals surface area (Å²) in [5.74, 6) is -1.68. The number of aromatic hydroxyl groups is 2. The van der Waals surface area contributed by atoms with Gasteiger partial charge in [0.1, 0.15) is 0 Å². The maximum atomic E-state index is 12.4. The zero-order valence-corrected chi connectivity index (χ0v) is 14.2. The highest BCUT2D eigenvalue weighted by atomic mass is 32.1. The molecule has 7 nitrogen and oxygen atoms in total. The number of nitrogens with zero attached hydrogens (tertiary/aromatic N) is 2. The zero-order valence-electron chi connectivity index (χ0n) is 13.4. The molecule has 0 spiro atoms. The summed E-state index contributed by atoms with van der Waals surface area (Å²) >= 11 is 1.37. The van der Waals surface area contributed by atoms with Crippen molar-refractivity contribution in [2.75, 3.05) is 0 Å². The average Bonchev–Trinajstić information content (AvgIpc) is 3.31. The van der Waals surface area contributed by atoms with E-state index in [0.717, 1.165) is 16.6 Å². The monoisotopic (exact) mass is 366 g/mol. The van der Waals surface area contributed by atoms with Crippen LogP contribution in [0.4, 0.5) is 0 Å². The number of aromatic amines is 1. The lowest BCUT2D eigenvalue weighted by atomic mass is 10.2. The third-order valence-electron chi connectivity index (χ3n) is 3.85. The van der Waals surface area contributed by atoms with Crippen LogP contribution in [0.5, 0.6) is 11.6 Å². The van der Waals surface area contributed by atoms with E-state index in [-0.39, 0.29) is 18.1 Å². The molecule has 0 radical (unpaired) electrons. The number of carbonyl (C=O) groups is 1. The van der Waals surface area contributed by atoms with Crippen LogP contribution in [0.1, 0.15) is 16.2 Å². The summed E-state index contributed by atoms with van der Waals surface area (Å²) in [6, 6.07) is 13.3. The molecule has 3 aromatic heterocycles. The van der Waals surface area contributed by atoms with Gasteiger partial charge in [-0.15, -0.1) is 11.3 Å². The average molecular weight is 366 g/mol. The molecule has 0 aliphatic heterocycles. The van der Waals surface area contributed by atoms with E-state index in [0.29, 0.717) is 4.88 Å². The van der Waals surface area contributed by atoms with Crippen LogP contribution in [0.25, 0.3) is 21.6 Å². The van der Waals surface area contributed by atoms with Gasteiger partial charge in [0.05, 0.1) is 11.4 Å². The van der Waals surface area contributed by atoms with Crippen molar-refractivity contribution in [3.05, 3.63) is 59.2 Å². The second-order valence-electron chi connectivity index (χ2n) is 5.61. The van der Waals surface area contributed by atoms with Crippen molar-refractivity contribution < 1.29 is 15.0 Å². The first-order valence-electron chi connectivity index (χ1n) is 7.80. The highest BCUT2D eigenvalue weighted by Gasteiger charge is 2.20. The largest absolute Gasteiger partial charge is 0.501 e. The maximum Gasteiger partial charge on any atom is 0.274 e. The van der Waals surface area contributed by atoms with Crippen molar-refractivity contribution >= 4 is 28.1 Å². The molecule has 4 rings (SSSR count). The summed E-state index contributed by atoms with van der Waals surface area (Å²) in [5, 5.41) is 25.3. The van der Waals surface area contributed by atoms with Crippen LogP contribution < -0.4 is 5.32 Å².